The van der Waals surface area contributed by atoms with Crippen LogP contribution in [0.5, 0.6) is 5.75 Å². The maximum atomic E-state index is 12.5. The van der Waals surface area contributed by atoms with E-state index < -0.39 is 0 Å². The average molecular weight is 548 g/mol. The number of carbonyl (C=O) groups is 1. The van der Waals surface area contributed by atoms with Crippen LogP contribution in [0.3, 0.4) is 0 Å². The average Bonchev–Trinajstić information content (AvgIpc) is 3.09. The van der Waals surface area contributed by atoms with Gasteiger partial charge in [-0.3, -0.25) is 4.79 Å². The summed E-state index contributed by atoms with van der Waals surface area (Å²) in [6.07, 6.45) is 1.79. The number of benzene rings is 3. The first-order valence-electron chi connectivity index (χ1n) is 9.60. The zero-order chi connectivity index (χ0) is 22.7. The summed E-state index contributed by atoms with van der Waals surface area (Å²) in [7, 11) is 0. The summed E-state index contributed by atoms with van der Waals surface area (Å²) < 4.78 is 6.89. The largest absolute Gasteiger partial charge is 0.488 e. The quantitative estimate of drug-likeness (QED) is 0.336. The zero-order valence-corrected chi connectivity index (χ0v) is 20.8. The Morgan fingerprint density at radius 3 is 2.62 bits per heavy atom. The number of nitrogens with one attached hydrogen (secondary N) is 1. The highest BCUT2D eigenvalue weighted by atomic mass is 79.9. The summed E-state index contributed by atoms with van der Waals surface area (Å²) in [5.41, 5.74) is 3.52. The molecular formula is C24H17BrCl2N2O2S. The molecule has 162 valence electrons. The molecule has 4 rings (SSSR count). The molecule has 1 fully saturated rings. The number of aliphatic imine (C=N–C) groups is 1. The summed E-state index contributed by atoms with van der Waals surface area (Å²) in [5, 5.41) is 4.46. The first-order valence-corrected chi connectivity index (χ1v) is 12.0. The smallest absolute Gasteiger partial charge is 0.264 e. The van der Waals surface area contributed by atoms with Gasteiger partial charge in [0.15, 0.2) is 5.17 Å². The van der Waals surface area contributed by atoms with Gasteiger partial charge in [-0.25, -0.2) is 4.99 Å². The Morgan fingerprint density at radius 1 is 1.09 bits per heavy atom. The van der Waals surface area contributed by atoms with Gasteiger partial charge in [-0.2, -0.15) is 0 Å². The van der Waals surface area contributed by atoms with Gasteiger partial charge < -0.3 is 10.1 Å². The highest BCUT2D eigenvalue weighted by molar-refractivity contribution is 9.10. The number of rotatable bonds is 5. The van der Waals surface area contributed by atoms with Crippen LogP contribution in [-0.2, 0) is 11.4 Å². The molecule has 0 bridgehead atoms. The van der Waals surface area contributed by atoms with Gasteiger partial charge in [-0.1, -0.05) is 62.9 Å². The Labute approximate surface area is 208 Å². The van der Waals surface area contributed by atoms with Crippen molar-refractivity contribution >= 4 is 73.7 Å². The van der Waals surface area contributed by atoms with E-state index in [0.29, 0.717) is 25.9 Å². The van der Waals surface area contributed by atoms with Gasteiger partial charge in [0.25, 0.3) is 5.91 Å². The number of hydrogen-bond donors (Lipinski definition) is 1. The Hall–Kier alpha value is -2.25. The van der Waals surface area contributed by atoms with Crippen molar-refractivity contribution in [2.45, 2.75) is 13.5 Å². The molecule has 1 heterocycles. The van der Waals surface area contributed by atoms with Crippen LogP contribution in [0.25, 0.3) is 6.08 Å². The predicted molar refractivity (Wildman–Crippen MR) is 137 cm³/mol. The third-order valence-electron chi connectivity index (χ3n) is 4.57. The minimum atomic E-state index is -0.201. The summed E-state index contributed by atoms with van der Waals surface area (Å²) in [5.74, 6) is 0.427. The lowest BCUT2D eigenvalue weighted by Crippen LogP contribution is -2.19. The van der Waals surface area contributed by atoms with E-state index in [2.05, 4.69) is 26.2 Å². The molecule has 3 aromatic carbocycles. The molecule has 0 aliphatic carbocycles. The number of halogens is 3. The molecule has 32 heavy (non-hydrogen) atoms. The molecule has 1 aliphatic heterocycles. The van der Waals surface area contributed by atoms with Crippen molar-refractivity contribution in [2.24, 2.45) is 4.99 Å². The molecular weight excluding hydrogens is 531 g/mol. The minimum Gasteiger partial charge on any atom is -0.488 e. The van der Waals surface area contributed by atoms with Gasteiger partial charge in [-0.15, -0.1) is 0 Å². The lowest BCUT2D eigenvalue weighted by molar-refractivity contribution is -0.115. The zero-order valence-electron chi connectivity index (χ0n) is 16.9. The van der Waals surface area contributed by atoms with Gasteiger partial charge in [0.05, 0.1) is 10.6 Å². The van der Waals surface area contributed by atoms with Crippen LogP contribution in [0.4, 0.5) is 5.69 Å². The van der Waals surface area contributed by atoms with Gasteiger partial charge in [0.1, 0.15) is 12.4 Å². The Morgan fingerprint density at radius 2 is 1.88 bits per heavy atom. The first kappa shape index (κ1) is 22.9. The van der Waals surface area contributed by atoms with Crippen molar-refractivity contribution in [3.05, 3.63) is 96.8 Å². The maximum Gasteiger partial charge on any atom is 0.264 e. The molecule has 0 aromatic heterocycles. The van der Waals surface area contributed by atoms with Gasteiger partial charge in [0, 0.05) is 25.6 Å². The number of carbonyl (C=O) groups excluding carboxylic acids is 1. The lowest BCUT2D eigenvalue weighted by atomic mass is 10.1. The second-order valence-electron chi connectivity index (χ2n) is 7.02. The van der Waals surface area contributed by atoms with Crippen molar-refractivity contribution in [3.8, 4) is 5.75 Å². The fraction of sp³-hybridized carbons (Fsp3) is 0.0833. The molecule has 1 aliphatic rings. The lowest BCUT2D eigenvalue weighted by Gasteiger charge is -2.11. The van der Waals surface area contributed by atoms with E-state index in [0.717, 1.165) is 26.9 Å². The standard InChI is InChI=1S/C24H17BrCl2N2O2S/c1-14-2-7-19(8-3-14)28-24-29-23(30)22(32-24)11-16-10-17(25)5-9-21(16)31-13-15-4-6-18(26)12-20(15)27/h2-12H,13H2,1H3,(H,28,29,30)/b22-11+. The number of hydrogen-bond acceptors (Lipinski definition) is 4. The van der Waals surface area contributed by atoms with Crippen LogP contribution in [-0.4, -0.2) is 11.1 Å². The summed E-state index contributed by atoms with van der Waals surface area (Å²) >= 11 is 17.0. The normalized spacial score (nSPS) is 15.9. The van der Waals surface area contributed by atoms with Gasteiger partial charge in [0.2, 0.25) is 0 Å². The molecule has 1 N–H and O–H groups in total. The fourth-order valence-corrected chi connectivity index (χ4v) is 4.59. The maximum absolute atomic E-state index is 12.5. The molecule has 0 saturated carbocycles. The molecule has 8 heteroatoms. The molecule has 0 radical (unpaired) electrons. The van der Waals surface area contributed by atoms with Crippen molar-refractivity contribution < 1.29 is 9.53 Å². The SMILES string of the molecule is Cc1ccc(N=C2NC(=O)/C(=C\c3cc(Br)ccc3OCc3ccc(Cl)cc3Cl)S2)cc1. The Bertz CT molecular complexity index is 1240. The molecule has 4 nitrogen and oxygen atoms in total. The number of nitrogens with zero attached hydrogens (tertiary/aromatic N) is 1. The molecule has 1 saturated heterocycles. The van der Waals surface area contributed by atoms with Crippen molar-refractivity contribution in [1.29, 1.82) is 0 Å². The Balaban J connectivity index is 1.56. The van der Waals surface area contributed by atoms with E-state index >= 15 is 0 Å². The molecule has 0 unspecified atom stereocenters. The topological polar surface area (TPSA) is 50.7 Å². The minimum absolute atomic E-state index is 0.201. The first-order chi connectivity index (χ1) is 15.4. The molecule has 3 aromatic rings. The van der Waals surface area contributed by atoms with Crippen LogP contribution in [0, 0.1) is 6.92 Å². The second-order valence-corrected chi connectivity index (χ2v) is 9.81. The predicted octanol–water partition coefficient (Wildman–Crippen LogP) is 7.53. The fourth-order valence-electron chi connectivity index (χ4n) is 2.92. The number of aryl methyl sites for hydroxylation is 1. The third-order valence-corrected chi connectivity index (χ3v) is 6.56. The number of amidine groups is 1. The van der Waals surface area contributed by atoms with E-state index in [1.54, 1.807) is 18.2 Å². The van der Waals surface area contributed by atoms with Crippen LogP contribution in [0.2, 0.25) is 10.0 Å². The van der Waals surface area contributed by atoms with Crippen LogP contribution in [0.15, 0.2) is 75.0 Å². The van der Waals surface area contributed by atoms with Crippen LogP contribution < -0.4 is 10.1 Å². The van der Waals surface area contributed by atoms with Crippen LogP contribution >= 0.6 is 50.9 Å². The molecule has 0 atom stereocenters. The number of thioether (sulfide) groups is 1. The van der Waals surface area contributed by atoms with E-state index in [1.807, 2.05) is 55.5 Å². The summed E-state index contributed by atoms with van der Waals surface area (Å²) in [6, 6.07) is 18.7. The third kappa shape index (κ3) is 5.75. The highest BCUT2D eigenvalue weighted by Crippen LogP contribution is 2.33. The molecule has 1 amide bonds. The van der Waals surface area contributed by atoms with Crippen molar-refractivity contribution in [2.75, 3.05) is 0 Å². The Kier molecular flexibility index (Phi) is 7.26. The van der Waals surface area contributed by atoms with Crippen molar-refractivity contribution in [3.63, 3.8) is 0 Å². The van der Waals surface area contributed by atoms with Gasteiger partial charge >= 0.3 is 0 Å². The number of amides is 1. The highest BCUT2D eigenvalue weighted by Gasteiger charge is 2.24. The van der Waals surface area contributed by atoms with Crippen LogP contribution in [0.1, 0.15) is 16.7 Å². The number of ether oxygens (including phenoxy) is 1. The van der Waals surface area contributed by atoms with E-state index in [1.165, 1.54) is 11.8 Å². The van der Waals surface area contributed by atoms with E-state index in [4.69, 9.17) is 27.9 Å². The van der Waals surface area contributed by atoms with E-state index in [9.17, 15) is 4.79 Å². The second kappa shape index (κ2) is 10.1. The van der Waals surface area contributed by atoms with E-state index in [-0.39, 0.29) is 12.5 Å². The summed E-state index contributed by atoms with van der Waals surface area (Å²) in [4.78, 5) is 17.6. The van der Waals surface area contributed by atoms with Gasteiger partial charge in [-0.05, 0) is 67.2 Å². The summed E-state index contributed by atoms with van der Waals surface area (Å²) in [6.45, 7) is 2.29. The molecule has 0 spiro atoms. The van der Waals surface area contributed by atoms with Crippen molar-refractivity contribution in [1.82, 2.24) is 5.32 Å². The monoisotopic (exact) mass is 546 g/mol.